The van der Waals surface area contributed by atoms with Crippen LogP contribution in [0.4, 0.5) is 0 Å². The van der Waals surface area contributed by atoms with Gasteiger partial charge in [-0.1, -0.05) is 78.9 Å². The molecule has 0 saturated carbocycles. The lowest BCUT2D eigenvalue weighted by Gasteiger charge is -2.10. The Kier molecular flexibility index (Phi) is 4.77. The Morgan fingerprint density at radius 3 is 2.43 bits per heavy atom. The Labute approximate surface area is 255 Å². The second kappa shape index (κ2) is 8.75. The van der Waals surface area contributed by atoms with Crippen molar-refractivity contribution < 1.29 is 4.42 Å². The lowest BCUT2D eigenvalue weighted by Crippen LogP contribution is -1.95. The number of rotatable bonds is 2. The van der Waals surface area contributed by atoms with Crippen LogP contribution >= 0.6 is 11.3 Å². The average Bonchev–Trinajstić information content (AvgIpc) is 3.74. The van der Waals surface area contributed by atoms with Gasteiger partial charge in [-0.05, 0) is 59.7 Å². The zero-order chi connectivity index (χ0) is 28.9. The summed E-state index contributed by atoms with van der Waals surface area (Å²) in [4.78, 5) is 9.93. The highest BCUT2D eigenvalue weighted by atomic mass is 32.1. The minimum Gasteiger partial charge on any atom is -0.436 e. The molecule has 0 amide bonds. The van der Waals surface area contributed by atoms with Crippen molar-refractivity contribution in [3.05, 3.63) is 127 Å². The Hall–Kier alpha value is -5.52. The molecule has 44 heavy (non-hydrogen) atoms. The number of benzene rings is 6. The van der Waals surface area contributed by atoms with E-state index in [1.54, 1.807) is 0 Å². The second-order valence-corrected chi connectivity index (χ2v) is 12.5. The highest BCUT2D eigenvalue weighted by Gasteiger charge is 2.19. The number of hydrogen-bond donors (Lipinski definition) is 0. The van der Waals surface area contributed by atoms with Gasteiger partial charge in [0, 0.05) is 42.2 Å². The molecule has 0 aliphatic heterocycles. The summed E-state index contributed by atoms with van der Waals surface area (Å²) in [6.07, 6.45) is 1.88. The normalized spacial score (nSPS) is 12.2. The molecule has 6 aromatic carbocycles. The minimum absolute atomic E-state index is 0.561. The monoisotopic (exact) mass is 581 g/mol. The third-order valence-corrected chi connectivity index (χ3v) is 10.1. The third kappa shape index (κ3) is 3.22. The molecule has 206 valence electrons. The molecular weight excluding hydrogens is 559 g/mol. The molecule has 0 saturated heterocycles. The molecule has 0 fully saturated rings. The maximum Gasteiger partial charge on any atom is 0.246 e. The summed E-state index contributed by atoms with van der Waals surface area (Å²) in [6.45, 7) is 2.08. The van der Waals surface area contributed by atoms with Gasteiger partial charge in [0.25, 0.3) is 0 Å². The van der Waals surface area contributed by atoms with E-state index >= 15 is 0 Å². The fourth-order valence-electron chi connectivity index (χ4n) is 7.00. The number of nitrogens with zero attached hydrogens (tertiary/aromatic N) is 3. The summed E-state index contributed by atoms with van der Waals surface area (Å²) >= 11 is 1.88. The summed E-state index contributed by atoms with van der Waals surface area (Å²) in [5.41, 5.74) is 8.54. The maximum atomic E-state index is 6.36. The molecule has 5 heteroatoms. The topological polar surface area (TPSA) is 43.9 Å². The maximum absolute atomic E-state index is 6.36. The first-order valence-electron chi connectivity index (χ1n) is 14.7. The van der Waals surface area contributed by atoms with Crippen molar-refractivity contribution in [1.82, 2.24) is 14.5 Å². The van der Waals surface area contributed by atoms with Gasteiger partial charge in [0.15, 0.2) is 0 Å². The quantitative estimate of drug-likeness (QED) is 0.204. The Balaban J connectivity index is 1.19. The Morgan fingerprint density at radius 1 is 0.682 bits per heavy atom. The minimum atomic E-state index is 0.561. The van der Waals surface area contributed by atoms with E-state index < -0.39 is 0 Å². The van der Waals surface area contributed by atoms with Crippen molar-refractivity contribution in [1.29, 1.82) is 0 Å². The zero-order valence-corrected chi connectivity index (χ0v) is 24.5. The molecular formula is C39H23N3OS. The van der Waals surface area contributed by atoms with Gasteiger partial charge in [-0.3, -0.25) is 0 Å². The van der Waals surface area contributed by atoms with Crippen molar-refractivity contribution in [2.75, 3.05) is 0 Å². The van der Waals surface area contributed by atoms with Crippen LogP contribution in [-0.2, 0) is 0 Å². The highest BCUT2D eigenvalue weighted by Crippen LogP contribution is 2.43. The first kappa shape index (κ1) is 24.0. The van der Waals surface area contributed by atoms with Gasteiger partial charge in [-0.2, -0.15) is 0 Å². The molecule has 10 rings (SSSR count). The molecule has 0 aliphatic rings. The lowest BCUT2D eigenvalue weighted by molar-refractivity contribution is 0.651. The molecule has 4 heterocycles. The first-order chi connectivity index (χ1) is 21.7. The number of aryl methyl sites for hydroxylation is 1. The van der Waals surface area contributed by atoms with Crippen LogP contribution in [0.1, 0.15) is 5.56 Å². The number of hydrogen-bond acceptors (Lipinski definition) is 4. The van der Waals surface area contributed by atoms with Crippen molar-refractivity contribution in [2.24, 2.45) is 0 Å². The lowest BCUT2D eigenvalue weighted by atomic mass is 10.0. The van der Waals surface area contributed by atoms with Crippen LogP contribution in [0.25, 0.3) is 91.9 Å². The molecule has 0 spiro atoms. The van der Waals surface area contributed by atoms with Gasteiger partial charge in [0.05, 0.1) is 28.3 Å². The molecule has 0 aliphatic carbocycles. The van der Waals surface area contributed by atoms with E-state index in [0.717, 1.165) is 44.4 Å². The number of thiophene rings is 1. The molecule has 0 bridgehead atoms. The van der Waals surface area contributed by atoms with E-state index in [4.69, 9.17) is 14.4 Å². The number of furan rings is 1. The molecule has 4 aromatic heterocycles. The summed E-state index contributed by atoms with van der Waals surface area (Å²) < 4.78 is 11.4. The largest absolute Gasteiger partial charge is 0.436 e. The van der Waals surface area contributed by atoms with Crippen molar-refractivity contribution in [3.63, 3.8) is 0 Å². The molecule has 4 nitrogen and oxygen atoms in total. The Bertz CT molecular complexity index is 2800. The number of fused-ring (bicyclic) bond motifs is 12. The molecule has 0 atom stereocenters. The predicted octanol–water partition coefficient (Wildman–Crippen LogP) is 11.0. The summed E-state index contributed by atoms with van der Waals surface area (Å²) in [5, 5.41) is 8.53. The molecule has 0 N–H and O–H groups in total. The van der Waals surface area contributed by atoms with Crippen LogP contribution in [0, 0.1) is 6.92 Å². The van der Waals surface area contributed by atoms with Crippen LogP contribution < -0.4 is 0 Å². The van der Waals surface area contributed by atoms with Gasteiger partial charge >= 0.3 is 0 Å². The van der Waals surface area contributed by atoms with Crippen LogP contribution in [-0.4, -0.2) is 14.5 Å². The standard InChI is InChI=1S/C39H23N3OS/c1-22-19-23-9-2-3-12-26(23)35-36-39(43-37(22)35)41-30(21-40-36)24-10-8-11-25(20-24)42-31-15-6-4-14-29(31)34-32(42)18-17-28-27-13-5-7-16-33(27)44-38(28)34/h2-21H,1H3. The van der Waals surface area contributed by atoms with Gasteiger partial charge in [0.1, 0.15) is 11.1 Å². The van der Waals surface area contributed by atoms with Crippen molar-refractivity contribution in [3.8, 4) is 16.9 Å². The summed E-state index contributed by atoms with van der Waals surface area (Å²) in [5.74, 6) is 0. The van der Waals surface area contributed by atoms with Gasteiger partial charge in [0.2, 0.25) is 5.71 Å². The zero-order valence-electron chi connectivity index (χ0n) is 23.7. The van der Waals surface area contributed by atoms with E-state index in [-0.39, 0.29) is 0 Å². The van der Waals surface area contributed by atoms with Gasteiger partial charge in [-0.25, -0.2) is 9.97 Å². The Morgan fingerprint density at radius 2 is 1.50 bits per heavy atom. The highest BCUT2D eigenvalue weighted by molar-refractivity contribution is 7.26. The predicted molar refractivity (Wildman–Crippen MR) is 184 cm³/mol. The van der Waals surface area contributed by atoms with E-state index in [0.29, 0.717) is 5.71 Å². The fraction of sp³-hybridized carbons (Fsp3) is 0.0256. The molecule has 10 aromatic rings. The van der Waals surface area contributed by atoms with Crippen LogP contribution in [0.2, 0.25) is 0 Å². The van der Waals surface area contributed by atoms with E-state index in [2.05, 4.69) is 127 Å². The van der Waals surface area contributed by atoms with Gasteiger partial charge < -0.3 is 8.98 Å². The van der Waals surface area contributed by atoms with Crippen LogP contribution in [0.3, 0.4) is 0 Å². The summed E-state index contributed by atoms with van der Waals surface area (Å²) in [7, 11) is 0. The summed E-state index contributed by atoms with van der Waals surface area (Å²) in [6, 6.07) is 41.1. The average molecular weight is 582 g/mol. The number of aromatic nitrogens is 3. The first-order valence-corrected chi connectivity index (χ1v) is 15.6. The molecule has 0 unspecified atom stereocenters. The fourth-order valence-corrected chi connectivity index (χ4v) is 8.26. The van der Waals surface area contributed by atoms with E-state index in [9.17, 15) is 0 Å². The van der Waals surface area contributed by atoms with Crippen molar-refractivity contribution >= 4 is 86.3 Å². The van der Waals surface area contributed by atoms with Crippen LogP contribution in [0.5, 0.6) is 0 Å². The molecule has 0 radical (unpaired) electrons. The van der Waals surface area contributed by atoms with Gasteiger partial charge in [-0.15, -0.1) is 11.3 Å². The van der Waals surface area contributed by atoms with Crippen LogP contribution in [0.15, 0.2) is 126 Å². The third-order valence-electron chi connectivity index (χ3n) is 8.94. The second-order valence-electron chi connectivity index (χ2n) is 11.5. The number of para-hydroxylation sites is 1. The van der Waals surface area contributed by atoms with Crippen molar-refractivity contribution in [2.45, 2.75) is 6.92 Å². The SMILES string of the molecule is Cc1cc2ccccc2c2c1oc1nc(-c3cccc(-n4c5ccccc5c5c6sc7ccccc7c6ccc54)c3)cnc12. The van der Waals surface area contributed by atoms with E-state index in [1.165, 1.54) is 47.4 Å². The smallest absolute Gasteiger partial charge is 0.246 e. The van der Waals surface area contributed by atoms with E-state index in [1.807, 2.05) is 17.5 Å².